The number of likely N-dealkylation sites (tertiary alicyclic amines) is 1. The molecule has 9 heteroatoms. The highest BCUT2D eigenvalue weighted by molar-refractivity contribution is 7.88. The third-order valence-electron chi connectivity index (χ3n) is 5.73. The molecular weight excluding hydrogens is 356 g/mol. The summed E-state index contributed by atoms with van der Waals surface area (Å²) >= 11 is 0. The fourth-order valence-electron chi connectivity index (χ4n) is 4.29. The smallest absolute Gasteiger partial charge is 0.312 e. The Labute approximate surface area is 152 Å². The van der Waals surface area contributed by atoms with Gasteiger partial charge < -0.3 is 9.67 Å². The second kappa shape index (κ2) is 6.04. The van der Waals surface area contributed by atoms with Crippen LogP contribution in [0.25, 0.3) is 11.0 Å². The Kier molecular flexibility index (Phi) is 4.05. The first-order valence-corrected chi connectivity index (χ1v) is 10.5. The van der Waals surface area contributed by atoms with Crippen LogP contribution in [0.5, 0.6) is 0 Å². The van der Waals surface area contributed by atoms with Crippen LogP contribution >= 0.6 is 0 Å². The van der Waals surface area contributed by atoms with E-state index >= 15 is 0 Å². The van der Waals surface area contributed by atoms with E-state index in [2.05, 4.69) is 14.5 Å². The predicted molar refractivity (Wildman–Crippen MR) is 96.1 cm³/mol. The highest BCUT2D eigenvalue weighted by Crippen LogP contribution is 2.43. The molecule has 140 valence electrons. The summed E-state index contributed by atoms with van der Waals surface area (Å²) in [5.74, 6) is -1.07. The zero-order chi connectivity index (χ0) is 18.5. The summed E-state index contributed by atoms with van der Waals surface area (Å²) in [6, 6.07) is 7.90. The molecule has 0 aliphatic carbocycles. The van der Waals surface area contributed by atoms with Crippen LogP contribution in [0.3, 0.4) is 0 Å². The van der Waals surface area contributed by atoms with Crippen molar-refractivity contribution in [1.29, 1.82) is 0 Å². The number of carbonyl (C=O) groups is 1. The van der Waals surface area contributed by atoms with Crippen molar-refractivity contribution < 1.29 is 18.3 Å². The number of nitrogens with zero attached hydrogens (tertiary/aromatic N) is 4. The quantitative estimate of drug-likeness (QED) is 0.805. The fourth-order valence-corrected chi connectivity index (χ4v) is 5.20. The van der Waals surface area contributed by atoms with Crippen LogP contribution in [0, 0.1) is 11.3 Å². The van der Waals surface area contributed by atoms with Crippen LogP contribution < -0.4 is 0 Å². The van der Waals surface area contributed by atoms with E-state index in [0.717, 1.165) is 23.8 Å². The van der Waals surface area contributed by atoms with Gasteiger partial charge in [0, 0.05) is 45.2 Å². The molecule has 4 rings (SSSR count). The molecular formula is C17H22N4O4S. The van der Waals surface area contributed by atoms with Gasteiger partial charge in [0.05, 0.1) is 29.0 Å². The summed E-state index contributed by atoms with van der Waals surface area (Å²) in [4.78, 5) is 18.5. The summed E-state index contributed by atoms with van der Waals surface area (Å²) in [6.45, 7) is 2.77. The maximum Gasteiger partial charge on any atom is 0.312 e. The van der Waals surface area contributed by atoms with Crippen molar-refractivity contribution in [3.8, 4) is 0 Å². The zero-order valence-electron chi connectivity index (χ0n) is 14.6. The number of hydrogen-bond donors (Lipinski definition) is 1. The Morgan fingerprint density at radius 1 is 1.27 bits per heavy atom. The molecule has 1 N–H and O–H groups in total. The molecule has 8 nitrogen and oxygen atoms in total. The topological polar surface area (TPSA) is 95.7 Å². The Hall–Kier alpha value is -1.97. The lowest BCUT2D eigenvalue weighted by atomic mass is 9.81. The fraction of sp³-hybridized carbons (Fsp3) is 0.529. The number of imidazole rings is 1. The van der Waals surface area contributed by atoms with Gasteiger partial charge in [-0.15, -0.1) is 0 Å². The van der Waals surface area contributed by atoms with Gasteiger partial charge in [0.1, 0.15) is 0 Å². The Morgan fingerprint density at radius 3 is 2.73 bits per heavy atom. The molecule has 26 heavy (non-hydrogen) atoms. The molecule has 0 amide bonds. The van der Waals surface area contributed by atoms with Crippen molar-refractivity contribution in [2.24, 2.45) is 11.3 Å². The Bertz CT molecular complexity index is 957. The van der Waals surface area contributed by atoms with Crippen LogP contribution in [0.4, 0.5) is 0 Å². The number of hydrogen-bond acceptors (Lipinski definition) is 5. The molecule has 0 bridgehead atoms. The maximum absolute atomic E-state index is 12.0. The minimum Gasteiger partial charge on any atom is -0.481 e. The average Bonchev–Trinajstić information content (AvgIpc) is 3.22. The van der Waals surface area contributed by atoms with Crippen molar-refractivity contribution in [1.82, 2.24) is 18.8 Å². The van der Waals surface area contributed by atoms with Crippen LogP contribution in [0.15, 0.2) is 30.6 Å². The van der Waals surface area contributed by atoms with E-state index in [1.54, 1.807) is 6.33 Å². The summed E-state index contributed by atoms with van der Waals surface area (Å²) in [7, 11) is -3.37. The van der Waals surface area contributed by atoms with Gasteiger partial charge in [0.25, 0.3) is 0 Å². The normalized spacial score (nSPS) is 27.2. The first-order chi connectivity index (χ1) is 12.3. The van der Waals surface area contributed by atoms with Crippen molar-refractivity contribution in [3.05, 3.63) is 30.6 Å². The van der Waals surface area contributed by atoms with Gasteiger partial charge in [-0.05, 0) is 12.1 Å². The van der Waals surface area contributed by atoms with Gasteiger partial charge in [-0.3, -0.25) is 9.69 Å². The predicted octanol–water partition coefficient (Wildman–Crippen LogP) is 0.314. The van der Waals surface area contributed by atoms with Crippen molar-refractivity contribution >= 4 is 27.0 Å². The van der Waals surface area contributed by atoms with Crippen molar-refractivity contribution in [2.45, 2.75) is 6.54 Å². The van der Waals surface area contributed by atoms with Gasteiger partial charge in [-0.1, -0.05) is 12.1 Å². The molecule has 1 aromatic carbocycles. The van der Waals surface area contributed by atoms with Gasteiger partial charge in [-0.25, -0.2) is 17.7 Å². The third kappa shape index (κ3) is 2.80. The molecule has 2 saturated heterocycles. The van der Waals surface area contributed by atoms with E-state index in [9.17, 15) is 18.3 Å². The number of carboxylic acid groups (broad SMARTS) is 1. The van der Waals surface area contributed by atoms with E-state index in [4.69, 9.17) is 0 Å². The molecule has 2 aliphatic rings. The lowest BCUT2D eigenvalue weighted by Crippen LogP contribution is -2.42. The molecule has 0 unspecified atom stereocenters. The Balaban J connectivity index is 1.47. The molecule has 3 heterocycles. The highest BCUT2D eigenvalue weighted by atomic mass is 32.2. The van der Waals surface area contributed by atoms with Crippen LogP contribution in [-0.4, -0.2) is 77.2 Å². The molecule has 2 aromatic rings. The van der Waals surface area contributed by atoms with E-state index < -0.39 is 21.4 Å². The van der Waals surface area contributed by atoms with Crippen molar-refractivity contribution in [3.63, 3.8) is 0 Å². The summed E-state index contributed by atoms with van der Waals surface area (Å²) < 4.78 is 27.0. The number of aliphatic carboxylic acids is 1. The average molecular weight is 378 g/mol. The Morgan fingerprint density at radius 2 is 2.04 bits per heavy atom. The summed E-state index contributed by atoms with van der Waals surface area (Å²) in [5, 5.41) is 9.81. The number of sulfonamides is 1. The van der Waals surface area contributed by atoms with E-state index in [0.29, 0.717) is 19.6 Å². The van der Waals surface area contributed by atoms with Gasteiger partial charge in [0.2, 0.25) is 10.0 Å². The first kappa shape index (κ1) is 17.4. The van der Waals surface area contributed by atoms with Crippen LogP contribution in [-0.2, 0) is 21.4 Å². The molecule has 0 spiro atoms. The van der Waals surface area contributed by atoms with Crippen molar-refractivity contribution in [2.75, 3.05) is 39.0 Å². The minimum atomic E-state index is -3.37. The van der Waals surface area contributed by atoms with E-state index in [-0.39, 0.29) is 19.0 Å². The van der Waals surface area contributed by atoms with E-state index in [1.807, 2.05) is 24.3 Å². The van der Waals surface area contributed by atoms with Gasteiger partial charge in [-0.2, -0.15) is 0 Å². The highest BCUT2D eigenvalue weighted by Gasteiger charge is 2.58. The van der Waals surface area contributed by atoms with Gasteiger partial charge >= 0.3 is 5.97 Å². The lowest BCUT2D eigenvalue weighted by Gasteiger charge is -2.24. The zero-order valence-corrected chi connectivity index (χ0v) is 15.4. The number of aromatic nitrogens is 2. The molecule has 0 saturated carbocycles. The SMILES string of the molecule is CS(=O)(=O)N1C[C@@H]2CN(CCn3cnc4ccccc43)C[C@]2(C(=O)O)C1. The third-order valence-corrected chi connectivity index (χ3v) is 6.94. The molecule has 2 fully saturated rings. The number of para-hydroxylation sites is 2. The van der Waals surface area contributed by atoms with Crippen LogP contribution in [0.1, 0.15) is 0 Å². The standard InChI is InChI=1S/C17H22N4O4S/c1-26(24,25)21-9-13-8-19(10-17(13,11-21)16(22)23)6-7-20-12-18-14-4-2-3-5-15(14)20/h2-5,12-13H,6-11H2,1H3,(H,22,23)/t13-,17-/m0/s1. The lowest BCUT2D eigenvalue weighted by molar-refractivity contribution is -0.148. The molecule has 1 aromatic heterocycles. The largest absolute Gasteiger partial charge is 0.481 e. The summed E-state index contributed by atoms with van der Waals surface area (Å²) in [6.07, 6.45) is 2.95. The second-order valence-corrected chi connectivity index (χ2v) is 9.36. The molecule has 2 aliphatic heterocycles. The minimum absolute atomic E-state index is 0.0658. The number of carboxylic acids is 1. The number of benzene rings is 1. The number of rotatable bonds is 5. The van der Waals surface area contributed by atoms with Crippen LogP contribution in [0.2, 0.25) is 0 Å². The monoisotopic (exact) mass is 378 g/mol. The summed E-state index contributed by atoms with van der Waals surface area (Å²) in [5.41, 5.74) is 1.000. The number of fused-ring (bicyclic) bond motifs is 2. The molecule has 0 radical (unpaired) electrons. The van der Waals surface area contributed by atoms with Gasteiger partial charge in [0.15, 0.2) is 0 Å². The first-order valence-electron chi connectivity index (χ1n) is 8.60. The molecule has 2 atom stereocenters. The maximum atomic E-state index is 12.0. The second-order valence-electron chi connectivity index (χ2n) is 7.38. The van der Waals surface area contributed by atoms with E-state index in [1.165, 1.54) is 4.31 Å².